The molecule has 3 nitrogen and oxygen atoms in total. The lowest BCUT2D eigenvalue weighted by molar-refractivity contribution is 0.0828. The third-order valence-corrected chi connectivity index (χ3v) is 4.34. The second kappa shape index (κ2) is 6.78. The molecule has 1 aromatic rings. The number of carbonyl (C=O) groups is 1. The van der Waals surface area contributed by atoms with Gasteiger partial charge in [0.25, 0.3) is 5.91 Å². The Balaban J connectivity index is 2.18. The highest BCUT2D eigenvalue weighted by molar-refractivity contribution is 5.99. The molecule has 0 spiro atoms. The molecule has 1 aromatic carbocycles. The minimum Gasteiger partial charge on any atom is -0.381 e. The second-order valence-corrected chi connectivity index (χ2v) is 5.95. The first-order chi connectivity index (χ1) is 9.63. The number of carbonyl (C=O) groups excluding carboxylic acids is 1. The quantitative estimate of drug-likeness (QED) is 0.906. The van der Waals surface area contributed by atoms with Gasteiger partial charge in [-0.25, -0.2) is 0 Å². The summed E-state index contributed by atoms with van der Waals surface area (Å²) >= 11 is 0. The maximum Gasteiger partial charge on any atom is 0.255 e. The van der Waals surface area contributed by atoms with Crippen molar-refractivity contribution in [3.63, 3.8) is 0 Å². The summed E-state index contributed by atoms with van der Waals surface area (Å²) in [6.07, 6.45) is 6.36. The van der Waals surface area contributed by atoms with Gasteiger partial charge < -0.3 is 10.2 Å². The van der Waals surface area contributed by atoms with E-state index in [9.17, 15) is 4.79 Å². The lowest BCUT2D eigenvalue weighted by Crippen LogP contribution is -2.33. The molecule has 0 saturated heterocycles. The van der Waals surface area contributed by atoms with Crippen LogP contribution in [0.4, 0.5) is 5.69 Å². The third kappa shape index (κ3) is 3.33. The van der Waals surface area contributed by atoms with Gasteiger partial charge in [-0.1, -0.05) is 38.3 Å². The van der Waals surface area contributed by atoms with Crippen molar-refractivity contribution in [3.05, 3.63) is 29.8 Å². The maximum atomic E-state index is 12.2. The summed E-state index contributed by atoms with van der Waals surface area (Å²) in [5, 5.41) is 3.64. The molecule has 0 radical (unpaired) electrons. The van der Waals surface area contributed by atoms with E-state index in [1.807, 2.05) is 24.3 Å². The van der Waals surface area contributed by atoms with E-state index in [-0.39, 0.29) is 5.91 Å². The Bertz CT molecular complexity index is 456. The number of amides is 1. The zero-order valence-electron chi connectivity index (χ0n) is 12.9. The van der Waals surface area contributed by atoms with Gasteiger partial charge in [0.2, 0.25) is 0 Å². The van der Waals surface area contributed by atoms with E-state index in [2.05, 4.69) is 12.2 Å². The van der Waals surface area contributed by atoms with E-state index in [0.29, 0.717) is 6.04 Å². The molecule has 2 unspecified atom stereocenters. The first kappa shape index (κ1) is 14.9. The van der Waals surface area contributed by atoms with Gasteiger partial charge in [0.1, 0.15) is 0 Å². The monoisotopic (exact) mass is 274 g/mol. The smallest absolute Gasteiger partial charge is 0.255 e. The van der Waals surface area contributed by atoms with E-state index in [1.165, 1.54) is 32.1 Å². The molecule has 0 aromatic heterocycles. The van der Waals surface area contributed by atoms with Crippen molar-refractivity contribution in [3.8, 4) is 0 Å². The molecule has 0 heterocycles. The van der Waals surface area contributed by atoms with Gasteiger partial charge >= 0.3 is 0 Å². The molecule has 0 aliphatic heterocycles. The first-order valence-corrected chi connectivity index (χ1v) is 7.70. The topological polar surface area (TPSA) is 32.3 Å². The molecular formula is C17H26N2O. The number of anilines is 1. The molecule has 110 valence electrons. The van der Waals surface area contributed by atoms with Crippen LogP contribution in [0.5, 0.6) is 0 Å². The van der Waals surface area contributed by atoms with Crippen molar-refractivity contribution < 1.29 is 4.79 Å². The van der Waals surface area contributed by atoms with Gasteiger partial charge in [-0.2, -0.15) is 0 Å². The van der Waals surface area contributed by atoms with Crippen LogP contribution >= 0.6 is 0 Å². The predicted molar refractivity (Wildman–Crippen MR) is 84.1 cm³/mol. The molecule has 1 N–H and O–H groups in total. The van der Waals surface area contributed by atoms with Crippen LogP contribution in [0.15, 0.2) is 24.3 Å². The van der Waals surface area contributed by atoms with Crippen LogP contribution < -0.4 is 5.32 Å². The molecular weight excluding hydrogens is 248 g/mol. The standard InChI is InChI=1S/C17H26N2O/c1-4-13-9-5-7-11-15(13)18-16-12-8-6-10-14(16)17(20)19(2)3/h6,8,10,12-13,15,18H,4-5,7,9,11H2,1-3H3. The van der Waals surface area contributed by atoms with Crippen LogP contribution in [0.3, 0.4) is 0 Å². The number of benzene rings is 1. The van der Waals surface area contributed by atoms with Crippen LogP contribution in [0, 0.1) is 5.92 Å². The van der Waals surface area contributed by atoms with Gasteiger partial charge in [0.05, 0.1) is 5.56 Å². The Morgan fingerprint density at radius 2 is 1.95 bits per heavy atom. The fourth-order valence-electron chi connectivity index (χ4n) is 3.12. The van der Waals surface area contributed by atoms with Crippen LogP contribution in [0.1, 0.15) is 49.4 Å². The van der Waals surface area contributed by atoms with Crippen LogP contribution in [-0.2, 0) is 0 Å². The highest BCUT2D eigenvalue weighted by atomic mass is 16.2. The van der Waals surface area contributed by atoms with Crippen LogP contribution in [0.2, 0.25) is 0 Å². The Hall–Kier alpha value is -1.51. The van der Waals surface area contributed by atoms with E-state index >= 15 is 0 Å². The van der Waals surface area contributed by atoms with Crippen LogP contribution in [-0.4, -0.2) is 30.9 Å². The van der Waals surface area contributed by atoms with Crippen molar-refractivity contribution in [1.82, 2.24) is 4.90 Å². The molecule has 20 heavy (non-hydrogen) atoms. The summed E-state index contributed by atoms with van der Waals surface area (Å²) in [7, 11) is 3.60. The molecule has 1 aliphatic carbocycles. The number of para-hydroxylation sites is 1. The summed E-state index contributed by atoms with van der Waals surface area (Å²) in [6.45, 7) is 2.27. The van der Waals surface area contributed by atoms with Crippen LogP contribution in [0.25, 0.3) is 0 Å². The summed E-state index contributed by atoms with van der Waals surface area (Å²) in [5.41, 5.74) is 1.76. The number of rotatable bonds is 4. The minimum absolute atomic E-state index is 0.0666. The Kier molecular flexibility index (Phi) is 5.05. The summed E-state index contributed by atoms with van der Waals surface area (Å²) < 4.78 is 0. The van der Waals surface area contributed by atoms with Crippen molar-refractivity contribution >= 4 is 11.6 Å². The van der Waals surface area contributed by atoms with E-state index in [4.69, 9.17) is 0 Å². The summed E-state index contributed by atoms with van der Waals surface area (Å²) in [4.78, 5) is 13.9. The Morgan fingerprint density at radius 3 is 2.65 bits per heavy atom. The van der Waals surface area contributed by atoms with Gasteiger partial charge in [0, 0.05) is 25.8 Å². The van der Waals surface area contributed by atoms with E-state index in [1.54, 1.807) is 19.0 Å². The highest BCUT2D eigenvalue weighted by Gasteiger charge is 2.24. The molecule has 2 atom stereocenters. The number of nitrogens with one attached hydrogen (secondary N) is 1. The largest absolute Gasteiger partial charge is 0.381 e. The molecule has 2 rings (SSSR count). The second-order valence-electron chi connectivity index (χ2n) is 5.95. The van der Waals surface area contributed by atoms with Gasteiger partial charge in [-0.15, -0.1) is 0 Å². The molecule has 1 amide bonds. The van der Waals surface area contributed by atoms with Crippen molar-refractivity contribution in [2.45, 2.75) is 45.1 Å². The number of hydrogen-bond donors (Lipinski definition) is 1. The molecule has 1 saturated carbocycles. The van der Waals surface area contributed by atoms with Gasteiger partial charge in [-0.05, 0) is 30.9 Å². The molecule has 1 fully saturated rings. The Morgan fingerprint density at radius 1 is 1.25 bits per heavy atom. The lowest BCUT2D eigenvalue weighted by Gasteiger charge is -2.33. The van der Waals surface area contributed by atoms with E-state index in [0.717, 1.165) is 17.2 Å². The molecule has 0 bridgehead atoms. The van der Waals surface area contributed by atoms with Crippen molar-refractivity contribution in [2.24, 2.45) is 5.92 Å². The normalized spacial score (nSPS) is 22.4. The number of hydrogen-bond acceptors (Lipinski definition) is 2. The van der Waals surface area contributed by atoms with Gasteiger partial charge in [0.15, 0.2) is 0 Å². The fourth-order valence-corrected chi connectivity index (χ4v) is 3.12. The summed E-state index contributed by atoms with van der Waals surface area (Å²) in [5.74, 6) is 0.795. The lowest BCUT2D eigenvalue weighted by atomic mass is 9.82. The van der Waals surface area contributed by atoms with Crippen molar-refractivity contribution in [2.75, 3.05) is 19.4 Å². The van der Waals surface area contributed by atoms with Crippen molar-refractivity contribution in [1.29, 1.82) is 0 Å². The Labute approximate surface area is 122 Å². The SMILES string of the molecule is CCC1CCCCC1Nc1ccccc1C(=O)N(C)C. The average Bonchev–Trinajstić information content (AvgIpc) is 2.47. The minimum atomic E-state index is 0.0666. The predicted octanol–water partition coefficient (Wildman–Crippen LogP) is 3.77. The molecule has 3 heteroatoms. The summed E-state index contributed by atoms with van der Waals surface area (Å²) in [6, 6.07) is 8.37. The fraction of sp³-hybridized carbons (Fsp3) is 0.588. The van der Waals surface area contributed by atoms with Gasteiger partial charge in [-0.3, -0.25) is 4.79 Å². The third-order valence-electron chi connectivity index (χ3n) is 4.34. The molecule has 1 aliphatic rings. The first-order valence-electron chi connectivity index (χ1n) is 7.70. The zero-order valence-corrected chi connectivity index (χ0v) is 12.9. The number of nitrogens with zero attached hydrogens (tertiary/aromatic N) is 1. The highest BCUT2D eigenvalue weighted by Crippen LogP contribution is 2.30. The zero-order chi connectivity index (χ0) is 14.5. The maximum absolute atomic E-state index is 12.2. The van der Waals surface area contributed by atoms with E-state index < -0.39 is 0 Å². The average molecular weight is 274 g/mol.